The third-order valence-corrected chi connectivity index (χ3v) is 7.64. The number of fused-ring (bicyclic) bond motifs is 1. The summed E-state index contributed by atoms with van der Waals surface area (Å²) in [6, 6.07) is 5.10. The Labute approximate surface area is 192 Å². The molecule has 180 valence electrons. The van der Waals surface area contributed by atoms with Gasteiger partial charge in [-0.25, -0.2) is 9.37 Å². The highest BCUT2D eigenvalue weighted by Gasteiger charge is 2.34. The van der Waals surface area contributed by atoms with Gasteiger partial charge in [0.1, 0.15) is 11.6 Å². The summed E-state index contributed by atoms with van der Waals surface area (Å²) < 4.78 is 41.6. The summed E-state index contributed by atoms with van der Waals surface area (Å²) in [6.07, 6.45) is 0.246. The first-order valence-electron chi connectivity index (χ1n) is 10.4. The van der Waals surface area contributed by atoms with E-state index in [0.717, 1.165) is 14.2 Å². The maximum atomic E-state index is 13.1. The molecule has 1 aliphatic rings. The lowest BCUT2D eigenvalue weighted by molar-refractivity contribution is 0.0970. The highest BCUT2D eigenvalue weighted by molar-refractivity contribution is 7.86. The third-order valence-electron chi connectivity index (χ3n) is 5.78. The van der Waals surface area contributed by atoms with Gasteiger partial charge in [-0.3, -0.25) is 19.1 Å². The van der Waals surface area contributed by atoms with Crippen LogP contribution in [0.1, 0.15) is 34.3 Å². The zero-order valence-corrected chi connectivity index (χ0v) is 19.8. The largest absolute Gasteiger partial charge is 0.501 e. The van der Waals surface area contributed by atoms with Crippen molar-refractivity contribution >= 4 is 16.0 Å². The van der Waals surface area contributed by atoms with Crippen LogP contribution in [0.2, 0.25) is 0 Å². The van der Waals surface area contributed by atoms with E-state index >= 15 is 0 Å². The molecule has 2 aromatic rings. The van der Waals surface area contributed by atoms with Crippen LogP contribution in [0.5, 0.6) is 5.75 Å². The van der Waals surface area contributed by atoms with Crippen LogP contribution < -0.4 is 5.56 Å². The average molecular weight is 482 g/mol. The molecule has 1 atom stereocenters. The number of Topliss-reactive ketones (excluding diaryl/α,β-unsaturated/α-hetero) is 1. The Hall–Kier alpha value is -2.67. The van der Waals surface area contributed by atoms with Crippen LogP contribution in [0.25, 0.3) is 0 Å². The minimum atomic E-state index is -3.71. The summed E-state index contributed by atoms with van der Waals surface area (Å²) >= 11 is 0. The molecule has 0 aliphatic carbocycles. The monoisotopic (exact) mass is 481 g/mol. The van der Waals surface area contributed by atoms with E-state index in [-0.39, 0.29) is 43.3 Å². The molecule has 0 fully saturated rings. The molecular weight excluding hydrogens is 453 g/mol. The van der Waals surface area contributed by atoms with Crippen molar-refractivity contribution < 1.29 is 22.7 Å². The molecule has 0 amide bonds. The molecule has 10 nitrogen and oxygen atoms in total. The standard InChI is InChI=1S/C21H28FN5O5S/c1-24(2)33(31,32)26(4)13-16-20-23-18(19(29)21(30)27(20)12-11-25(16)3)17(28)10-7-14-5-8-15(22)9-6-14/h5-6,8-9,16,29H,7,10-13H2,1-4H3. The number of carbonyl (C=O) groups is 1. The predicted molar refractivity (Wildman–Crippen MR) is 120 cm³/mol. The first kappa shape index (κ1) is 25.0. The summed E-state index contributed by atoms with van der Waals surface area (Å²) in [4.78, 5) is 31.8. The Kier molecular flexibility index (Phi) is 7.32. The number of ketones is 1. The Balaban J connectivity index is 1.92. The van der Waals surface area contributed by atoms with E-state index in [1.165, 1.54) is 37.8 Å². The molecule has 1 aliphatic heterocycles. The molecule has 3 rings (SSSR count). The number of likely N-dealkylation sites (N-methyl/N-ethyl adjacent to an activating group) is 2. The van der Waals surface area contributed by atoms with Crippen LogP contribution in [0.4, 0.5) is 4.39 Å². The quantitative estimate of drug-likeness (QED) is 0.550. The number of benzene rings is 1. The number of aryl methyl sites for hydroxylation is 1. The number of aromatic nitrogens is 2. The van der Waals surface area contributed by atoms with Gasteiger partial charge in [-0.05, 0) is 31.2 Å². The Morgan fingerprint density at radius 1 is 1.21 bits per heavy atom. The van der Waals surface area contributed by atoms with Crippen molar-refractivity contribution in [3.05, 3.63) is 57.5 Å². The number of hydrogen-bond acceptors (Lipinski definition) is 7. The number of rotatable bonds is 8. The van der Waals surface area contributed by atoms with E-state index < -0.39 is 33.3 Å². The molecule has 0 spiro atoms. The summed E-state index contributed by atoms with van der Waals surface area (Å²) in [7, 11) is 2.33. The number of carbonyl (C=O) groups excluding carboxylic acids is 1. The highest BCUT2D eigenvalue weighted by atomic mass is 32.2. The number of halogens is 1. The van der Waals surface area contributed by atoms with E-state index in [1.54, 1.807) is 19.2 Å². The van der Waals surface area contributed by atoms with Crippen LogP contribution >= 0.6 is 0 Å². The summed E-state index contributed by atoms with van der Waals surface area (Å²) in [5, 5.41) is 10.4. The minimum absolute atomic E-state index is 0.00254. The molecule has 12 heteroatoms. The molecule has 1 aromatic carbocycles. The van der Waals surface area contributed by atoms with Crippen LogP contribution in [-0.4, -0.2) is 83.6 Å². The molecule has 0 saturated heterocycles. The molecule has 0 saturated carbocycles. The molecule has 1 N–H and O–H groups in total. The van der Waals surface area contributed by atoms with E-state index in [2.05, 4.69) is 4.98 Å². The smallest absolute Gasteiger partial charge is 0.296 e. The lowest BCUT2D eigenvalue weighted by atomic mass is 10.0. The van der Waals surface area contributed by atoms with Crippen molar-refractivity contribution in [2.24, 2.45) is 0 Å². The van der Waals surface area contributed by atoms with Crippen LogP contribution in [0.15, 0.2) is 29.1 Å². The fourth-order valence-corrected chi connectivity index (χ4v) is 4.59. The second-order valence-corrected chi connectivity index (χ2v) is 10.5. The molecule has 1 unspecified atom stereocenters. The second-order valence-electron chi connectivity index (χ2n) is 8.24. The van der Waals surface area contributed by atoms with Gasteiger partial charge in [0, 0.05) is 47.2 Å². The van der Waals surface area contributed by atoms with Crippen LogP contribution in [0.3, 0.4) is 0 Å². The third kappa shape index (κ3) is 5.13. The summed E-state index contributed by atoms with van der Waals surface area (Å²) in [5.74, 6) is -1.42. The Morgan fingerprint density at radius 3 is 2.45 bits per heavy atom. The molecule has 0 bridgehead atoms. The zero-order chi connectivity index (χ0) is 24.5. The lowest BCUT2D eigenvalue weighted by Crippen LogP contribution is -2.48. The maximum Gasteiger partial charge on any atom is 0.296 e. The normalized spacial score (nSPS) is 16.9. The van der Waals surface area contributed by atoms with E-state index in [9.17, 15) is 27.5 Å². The van der Waals surface area contributed by atoms with Gasteiger partial charge in [-0.1, -0.05) is 12.1 Å². The lowest BCUT2D eigenvalue weighted by Gasteiger charge is -2.36. The second kappa shape index (κ2) is 9.67. The molecule has 2 heterocycles. The zero-order valence-electron chi connectivity index (χ0n) is 19.0. The van der Waals surface area contributed by atoms with Crippen molar-refractivity contribution in [3.63, 3.8) is 0 Å². The van der Waals surface area contributed by atoms with Crippen LogP contribution in [-0.2, 0) is 23.2 Å². The Bertz CT molecular complexity index is 1200. The SMILES string of the molecule is CN1CCn2c(nc(C(=O)CCc3ccc(F)cc3)c(O)c2=O)C1CN(C)S(=O)(=O)N(C)C. The van der Waals surface area contributed by atoms with Gasteiger partial charge >= 0.3 is 0 Å². The minimum Gasteiger partial charge on any atom is -0.501 e. The summed E-state index contributed by atoms with van der Waals surface area (Å²) in [5.41, 5.74) is -0.347. The molecular formula is C21H28FN5O5S. The van der Waals surface area contributed by atoms with Gasteiger partial charge < -0.3 is 5.11 Å². The van der Waals surface area contributed by atoms with Gasteiger partial charge in [-0.15, -0.1) is 0 Å². The number of hydrogen-bond donors (Lipinski definition) is 1. The fourth-order valence-electron chi connectivity index (χ4n) is 3.70. The van der Waals surface area contributed by atoms with Crippen molar-refractivity contribution in [2.75, 3.05) is 41.3 Å². The van der Waals surface area contributed by atoms with Gasteiger partial charge in [0.25, 0.3) is 15.8 Å². The first-order chi connectivity index (χ1) is 15.4. The van der Waals surface area contributed by atoms with Crippen molar-refractivity contribution in [3.8, 4) is 5.75 Å². The fraction of sp³-hybridized carbons (Fsp3) is 0.476. The van der Waals surface area contributed by atoms with Gasteiger partial charge in [0.2, 0.25) is 5.75 Å². The van der Waals surface area contributed by atoms with E-state index in [1.807, 2.05) is 4.90 Å². The number of nitrogens with zero attached hydrogens (tertiary/aromatic N) is 5. The highest BCUT2D eigenvalue weighted by Crippen LogP contribution is 2.26. The van der Waals surface area contributed by atoms with E-state index in [4.69, 9.17) is 0 Å². The van der Waals surface area contributed by atoms with Gasteiger partial charge in [0.05, 0.1) is 6.04 Å². The Morgan fingerprint density at radius 2 is 1.85 bits per heavy atom. The van der Waals surface area contributed by atoms with Crippen molar-refractivity contribution in [1.82, 2.24) is 23.1 Å². The van der Waals surface area contributed by atoms with Crippen molar-refractivity contribution in [1.29, 1.82) is 0 Å². The molecule has 33 heavy (non-hydrogen) atoms. The topological polar surface area (TPSA) is 116 Å². The van der Waals surface area contributed by atoms with E-state index in [0.29, 0.717) is 6.54 Å². The number of aromatic hydroxyl groups is 1. The van der Waals surface area contributed by atoms with Gasteiger partial charge in [-0.2, -0.15) is 17.0 Å². The summed E-state index contributed by atoms with van der Waals surface area (Å²) in [6.45, 7) is 0.680. The van der Waals surface area contributed by atoms with Gasteiger partial charge in [0.15, 0.2) is 11.5 Å². The van der Waals surface area contributed by atoms with Crippen molar-refractivity contribution in [2.45, 2.75) is 25.4 Å². The average Bonchev–Trinajstić information content (AvgIpc) is 2.77. The molecule has 1 aromatic heterocycles. The molecule has 0 radical (unpaired) electrons. The predicted octanol–water partition coefficient (Wildman–Crippen LogP) is 0.628. The first-order valence-corrected chi connectivity index (χ1v) is 11.8. The van der Waals surface area contributed by atoms with Crippen LogP contribution in [0, 0.1) is 5.82 Å². The maximum absolute atomic E-state index is 13.1.